The lowest BCUT2D eigenvalue weighted by atomic mass is 9.95. The molecule has 1 aliphatic heterocycles. The average Bonchev–Trinajstić information content (AvgIpc) is 3.49. The first-order valence-electron chi connectivity index (χ1n) is 9.39. The lowest BCUT2D eigenvalue weighted by Gasteiger charge is -2.39. The first-order chi connectivity index (χ1) is 13.1. The van der Waals surface area contributed by atoms with E-state index in [1.54, 1.807) is 24.3 Å². The molecule has 0 bridgehead atoms. The summed E-state index contributed by atoms with van der Waals surface area (Å²) in [6.45, 7) is 1.96. The number of nitrogens with zero attached hydrogens (tertiary/aromatic N) is 1. The zero-order valence-corrected chi connectivity index (χ0v) is 15.0. The number of rotatable bonds is 5. The van der Waals surface area contributed by atoms with Crippen molar-refractivity contribution >= 4 is 5.91 Å². The number of piperazine rings is 1. The predicted molar refractivity (Wildman–Crippen MR) is 99.2 cm³/mol. The highest BCUT2D eigenvalue weighted by Crippen LogP contribution is 2.30. The second-order valence-corrected chi connectivity index (χ2v) is 7.29. The highest BCUT2D eigenvalue weighted by molar-refractivity contribution is 5.82. The fourth-order valence-electron chi connectivity index (χ4n) is 3.62. The van der Waals surface area contributed by atoms with Crippen LogP contribution < -0.4 is 10.6 Å². The van der Waals surface area contributed by atoms with Gasteiger partial charge in [-0.25, -0.2) is 8.78 Å². The summed E-state index contributed by atoms with van der Waals surface area (Å²) >= 11 is 0. The molecule has 2 aromatic rings. The average molecular weight is 371 g/mol. The molecule has 2 fully saturated rings. The number of halogens is 2. The number of hydrogen-bond acceptors (Lipinski definition) is 3. The standard InChI is InChI=1S/C21H23F2N3O/c22-16-5-1-14(2-6-16)20(15-3-7-17(23)8-4-15)26-12-11-24-19(13-26)21(27)25-18-9-10-18/h1-8,18-20,24H,9-13H2,(H,25,27). The van der Waals surface area contributed by atoms with E-state index >= 15 is 0 Å². The molecule has 27 heavy (non-hydrogen) atoms. The Morgan fingerprint density at radius 1 is 1.00 bits per heavy atom. The summed E-state index contributed by atoms with van der Waals surface area (Å²) in [5, 5.41) is 6.33. The zero-order valence-electron chi connectivity index (χ0n) is 15.0. The second kappa shape index (κ2) is 7.74. The molecular weight excluding hydrogens is 348 g/mol. The van der Waals surface area contributed by atoms with Gasteiger partial charge in [-0.15, -0.1) is 0 Å². The third-order valence-electron chi connectivity index (χ3n) is 5.18. The highest BCUT2D eigenvalue weighted by atomic mass is 19.1. The van der Waals surface area contributed by atoms with Crippen molar-refractivity contribution in [1.29, 1.82) is 0 Å². The van der Waals surface area contributed by atoms with Crippen molar-refractivity contribution in [2.45, 2.75) is 31.0 Å². The molecule has 1 atom stereocenters. The Morgan fingerprint density at radius 3 is 2.07 bits per heavy atom. The van der Waals surface area contributed by atoms with Crippen LogP contribution in [0.3, 0.4) is 0 Å². The van der Waals surface area contributed by atoms with Crippen molar-refractivity contribution in [3.8, 4) is 0 Å². The number of hydrogen-bond donors (Lipinski definition) is 2. The Labute approximate surface area is 157 Å². The van der Waals surface area contributed by atoms with Crippen molar-refractivity contribution in [2.75, 3.05) is 19.6 Å². The number of carbonyl (C=O) groups excluding carboxylic acids is 1. The van der Waals surface area contributed by atoms with Gasteiger partial charge in [0.1, 0.15) is 11.6 Å². The van der Waals surface area contributed by atoms with Gasteiger partial charge >= 0.3 is 0 Å². The number of carbonyl (C=O) groups is 1. The summed E-state index contributed by atoms with van der Waals surface area (Å²) in [5.41, 5.74) is 1.84. The largest absolute Gasteiger partial charge is 0.352 e. The van der Waals surface area contributed by atoms with E-state index in [-0.39, 0.29) is 29.6 Å². The molecule has 1 saturated heterocycles. The first kappa shape index (κ1) is 18.1. The molecule has 1 amide bonds. The van der Waals surface area contributed by atoms with Crippen molar-refractivity contribution in [3.63, 3.8) is 0 Å². The first-order valence-corrected chi connectivity index (χ1v) is 9.39. The van der Waals surface area contributed by atoms with Crippen LogP contribution in [-0.2, 0) is 4.79 Å². The van der Waals surface area contributed by atoms with Gasteiger partial charge in [0.25, 0.3) is 0 Å². The minimum absolute atomic E-state index is 0.0270. The fraction of sp³-hybridized carbons (Fsp3) is 0.381. The van der Waals surface area contributed by atoms with Gasteiger partial charge in [-0.05, 0) is 48.2 Å². The van der Waals surface area contributed by atoms with Gasteiger partial charge in [-0.3, -0.25) is 9.69 Å². The van der Waals surface area contributed by atoms with Crippen LogP contribution in [0.15, 0.2) is 48.5 Å². The van der Waals surface area contributed by atoms with E-state index in [0.717, 1.165) is 30.5 Å². The van der Waals surface area contributed by atoms with Crippen molar-refractivity contribution < 1.29 is 13.6 Å². The molecule has 4 rings (SSSR count). The molecule has 1 aliphatic carbocycles. The molecular formula is C21H23F2N3O. The van der Waals surface area contributed by atoms with Gasteiger partial charge in [-0.2, -0.15) is 0 Å². The third-order valence-corrected chi connectivity index (χ3v) is 5.18. The summed E-state index contributed by atoms with van der Waals surface area (Å²) in [6.07, 6.45) is 2.10. The van der Waals surface area contributed by atoms with Crippen LogP contribution in [0.25, 0.3) is 0 Å². The van der Waals surface area contributed by atoms with Gasteiger partial charge in [0.15, 0.2) is 0 Å². The van der Waals surface area contributed by atoms with Gasteiger partial charge in [0.05, 0.1) is 12.1 Å². The molecule has 0 radical (unpaired) electrons. The molecule has 6 heteroatoms. The second-order valence-electron chi connectivity index (χ2n) is 7.29. The molecule has 2 N–H and O–H groups in total. The summed E-state index contributed by atoms with van der Waals surface area (Å²) in [5.74, 6) is -0.559. The van der Waals surface area contributed by atoms with Gasteiger partial charge in [-0.1, -0.05) is 24.3 Å². The highest BCUT2D eigenvalue weighted by Gasteiger charge is 2.33. The molecule has 142 valence electrons. The lowest BCUT2D eigenvalue weighted by molar-refractivity contribution is -0.124. The third kappa shape index (κ3) is 4.34. The van der Waals surface area contributed by atoms with Crippen LogP contribution in [-0.4, -0.2) is 42.5 Å². The topological polar surface area (TPSA) is 44.4 Å². The van der Waals surface area contributed by atoms with Crippen LogP contribution in [0.4, 0.5) is 8.78 Å². The maximum atomic E-state index is 13.4. The molecule has 1 heterocycles. The number of nitrogens with one attached hydrogen (secondary N) is 2. The van der Waals surface area contributed by atoms with Crippen LogP contribution in [0.5, 0.6) is 0 Å². The Morgan fingerprint density at radius 2 is 1.56 bits per heavy atom. The summed E-state index contributed by atoms with van der Waals surface area (Å²) < 4.78 is 26.8. The van der Waals surface area contributed by atoms with E-state index in [1.807, 2.05) is 0 Å². The minimum Gasteiger partial charge on any atom is -0.352 e. The minimum atomic E-state index is -0.293. The quantitative estimate of drug-likeness (QED) is 0.849. The van der Waals surface area contributed by atoms with Gasteiger partial charge < -0.3 is 10.6 Å². The van der Waals surface area contributed by atoms with Gasteiger partial charge in [0.2, 0.25) is 5.91 Å². The van der Waals surface area contributed by atoms with Crippen LogP contribution >= 0.6 is 0 Å². The van der Waals surface area contributed by atoms with Crippen LogP contribution in [0.1, 0.15) is 30.0 Å². The summed E-state index contributed by atoms with van der Waals surface area (Å²) in [7, 11) is 0. The Bertz CT molecular complexity index is 745. The Balaban J connectivity index is 1.59. The molecule has 2 aromatic carbocycles. The number of amides is 1. The lowest BCUT2D eigenvalue weighted by Crippen LogP contribution is -2.58. The van der Waals surface area contributed by atoms with Gasteiger partial charge in [0, 0.05) is 25.7 Å². The van der Waals surface area contributed by atoms with E-state index < -0.39 is 0 Å². The summed E-state index contributed by atoms with van der Waals surface area (Å²) in [4.78, 5) is 14.7. The Hall–Kier alpha value is -2.31. The SMILES string of the molecule is O=C(NC1CC1)C1CN(C(c2ccc(F)cc2)c2ccc(F)cc2)CCN1. The van der Waals surface area contributed by atoms with Crippen molar-refractivity contribution in [2.24, 2.45) is 0 Å². The van der Waals surface area contributed by atoms with Crippen molar-refractivity contribution in [1.82, 2.24) is 15.5 Å². The summed E-state index contributed by atoms with van der Waals surface area (Å²) in [6, 6.07) is 12.6. The van der Waals surface area contributed by atoms with E-state index in [1.165, 1.54) is 24.3 Å². The number of benzene rings is 2. The molecule has 0 aromatic heterocycles. The molecule has 4 nitrogen and oxygen atoms in total. The molecule has 0 spiro atoms. The smallest absolute Gasteiger partial charge is 0.238 e. The maximum Gasteiger partial charge on any atom is 0.238 e. The van der Waals surface area contributed by atoms with Crippen LogP contribution in [0, 0.1) is 11.6 Å². The molecule has 1 unspecified atom stereocenters. The zero-order chi connectivity index (χ0) is 18.8. The maximum absolute atomic E-state index is 13.4. The predicted octanol–water partition coefficient (Wildman–Crippen LogP) is 2.61. The molecule has 2 aliphatic rings. The molecule has 1 saturated carbocycles. The Kier molecular flexibility index (Phi) is 5.18. The normalized spacial score (nSPS) is 20.6. The van der Waals surface area contributed by atoms with Crippen LogP contribution in [0.2, 0.25) is 0 Å². The van der Waals surface area contributed by atoms with E-state index in [0.29, 0.717) is 19.1 Å². The monoisotopic (exact) mass is 371 g/mol. The van der Waals surface area contributed by atoms with E-state index in [9.17, 15) is 13.6 Å². The van der Waals surface area contributed by atoms with E-state index in [2.05, 4.69) is 15.5 Å². The van der Waals surface area contributed by atoms with E-state index in [4.69, 9.17) is 0 Å². The van der Waals surface area contributed by atoms with Crippen molar-refractivity contribution in [3.05, 3.63) is 71.3 Å². The fourth-order valence-corrected chi connectivity index (χ4v) is 3.62.